The molecule has 100 valence electrons. The molecule has 0 bridgehead atoms. The molecule has 0 aromatic carbocycles. The smallest absolute Gasteiger partial charge is 0.191 e. The maximum Gasteiger partial charge on any atom is 0.191 e. The number of nitrogens with two attached hydrogens (primary N) is 1. The van der Waals surface area contributed by atoms with Crippen LogP contribution < -0.4 is 5.73 Å². The zero-order valence-electron chi connectivity index (χ0n) is 10.6. The number of rotatable bonds is 2. The zero-order chi connectivity index (χ0) is 11.6. The molecule has 1 unspecified atom stereocenters. The molecule has 0 spiro atoms. The lowest BCUT2D eigenvalue weighted by atomic mass is 9.80. The van der Waals surface area contributed by atoms with Gasteiger partial charge in [0.15, 0.2) is 5.96 Å². The highest BCUT2D eigenvalue weighted by Crippen LogP contribution is 2.31. The second-order valence-electron chi connectivity index (χ2n) is 5.45. The number of aliphatic imine (C=N–C) groups is 1. The predicted octanol–water partition coefficient (Wildman–Crippen LogP) is 1.57. The zero-order valence-corrected chi connectivity index (χ0v) is 12.9. The summed E-state index contributed by atoms with van der Waals surface area (Å²) in [7, 11) is 0. The van der Waals surface area contributed by atoms with E-state index in [1.165, 1.54) is 12.8 Å². The Labute approximate surface area is 121 Å². The third-order valence-electron chi connectivity index (χ3n) is 3.80. The fourth-order valence-corrected chi connectivity index (χ4v) is 2.47. The van der Waals surface area contributed by atoms with Crippen LogP contribution in [0.15, 0.2) is 4.99 Å². The van der Waals surface area contributed by atoms with E-state index in [1.54, 1.807) is 0 Å². The topological polar surface area (TPSA) is 61.8 Å². The minimum absolute atomic E-state index is 0. The SMILES string of the molecule is CC1CCCN(C(N)=NCC2(O)CCC2)C1.I. The van der Waals surface area contributed by atoms with Gasteiger partial charge in [-0.1, -0.05) is 6.92 Å². The molecule has 5 heteroatoms. The van der Waals surface area contributed by atoms with Crippen molar-refractivity contribution >= 4 is 29.9 Å². The summed E-state index contributed by atoms with van der Waals surface area (Å²) in [4.78, 5) is 6.50. The molecular weight excluding hydrogens is 329 g/mol. The Bertz CT molecular complexity index is 279. The van der Waals surface area contributed by atoms with Crippen molar-refractivity contribution in [3.63, 3.8) is 0 Å². The van der Waals surface area contributed by atoms with Crippen LogP contribution in [0.2, 0.25) is 0 Å². The van der Waals surface area contributed by atoms with Crippen LogP contribution in [0.25, 0.3) is 0 Å². The summed E-state index contributed by atoms with van der Waals surface area (Å²) < 4.78 is 0. The van der Waals surface area contributed by atoms with Gasteiger partial charge in [0.2, 0.25) is 0 Å². The van der Waals surface area contributed by atoms with Crippen LogP contribution in [0.5, 0.6) is 0 Å². The van der Waals surface area contributed by atoms with Gasteiger partial charge >= 0.3 is 0 Å². The highest BCUT2D eigenvalue weighted by Gasteiger charge is 2.34. The normalized spacial score (nSPS) is 28.2. The molecule has 1 atom stereocenters. The Kier molecular flexibility index (Phi) is 5.50. The molecule has 1 aliphatic carbocycles. The van der Waals surface area contributed by atoms with Crippen LogP contribution in [0, 0.1) is 5.92 Å². The van der Waals surface area contributed by atoms with E-state index in [0.717, 1.165) is 32.4 Å². The number of likely N-dealkylation sites (tertiary alicyclic amines) is 1. The van der Waals surface area contributed by atoms with Crippen LogP contribution in [0.3, 0.4) is 0 Å². The third-order valence-corrected chi connectivity index (χ3v) is 3.80. The first-order valence-electron chi connectivity index (χ1n) is 6.36. The molecule has 2 fully saturated rings. The van der Waals surface area contributed by atoms with Gasteiger partial charge in [-0.3, -0.25) is 4.99 Å². The Balaban J connectivity index is 0.00000144. The maximum atomic E-state index is 9.93. The Morgan fingerprint density at radius 3 is 2.71 bits per heavy atom. The number of nitrogens with zero attached hydrogens (tertiary/aromatic N) is 2. The third kappa shape index (κ3) is 3.98. The van der Waals surface area contributed by atoms with Crippen LogP contribution in [0.1, 0.15) is 39.0 Å². The van der Waals surface area contributed by atoms with Crippen molar-refractivity contribution in [2.24, 2.45) is 16.6 Å². The highest BCUT2D eigenvalue weighted by molar-refractivity contribution is 14.0. The molecule has 0 radical (unpaired) electrons. The molecule has 17 heavy (non-hydrogen) atoms. The lowest BCUT2D eigenvalue weighted by Gasteiger charge is -2.36. The fraction of sp³-hybridized carbons (Fsp3) is 0.917. The predicted molar refractivity (Wildman–Crippen MR) is 80.7 cm³/mol. The van der Waals surface area contributed by atoms with E-state index in [2.05, 4.69) is 16.8 Å². The van der Waals surface area contributed by atoms with Gasteiger partial charge in [-0.15, -0.1) is 24.0 Å². The molecular formula is C12H24IN3O. The summed E-state index contributed by atoms with van der Waals surface area (Å²) in [6, 6.07) is 0. The van der Waals surface area contributed by atoms with E-state index in [9.17, 15) is 5.11 Å². The summed E-state index contributed by atoms with van der Waals surface area (Å²) in [5, 5.41) is 9.93. The van der Waals surface area contributed by atoms with E-state index in [4.69, 9.17) is 5.73 Å². The molecule has 0 aromatic heterocycles. The summed E-state index contributed by atoms with van der Waals surface area (Å²) >= 11 is 0. The van der Waals surface area contributed by atoms with Gasteiger partial charge in [-0.05, 0) is 38.0 Å². The van der Waals surface area contributed by atoms with Crippen molar-refractivity contribution in [2.75, 3.05) is 19.6 Å². The van der Waals surface area contributed by atoms with Gasteiger partial charge in [0.05, 0.1) is 12.1 Å². The van der Waals surface area contributed by atoms with Crippen LogP contribution in [-0.4, -0.2) is 41.2 Å². The molecule has 3 N–H and O–H groups in total. The van der Waals surface area contributed by atoms with Crippen molar-refractivity contribution < 1.29 is 5.11 Å². The highest BCUT2D eigenvalue weighted by atomic mass is 127. The maximum absolute atomic E-state index is 9.93. The number of hydrogen-bond acceptors (Lipinski definition) is 2. The van der Waals surface area contributed by atoms with Gasteiger partial charge in [0, 0.05) is 13.1 Å². The number of halogens is 1. The number of aliphatic hydroxyl groups is 1. The van der Waals surface area contributed by atoms with E-state index < -0.39 is 5.60 Å². The van der Waals surface area contributed by atoms with Crippen molar-refractivity contribution in [1.82, 2.24) is 4.90 Å². The molecule has 0 amide bonds. The van der Waals surface area contributed by atoms with Crippen molar-refractivity contribution in [2.45, 2.75) is 44.6 Å². The standard InChI is InChI=1S/C12H23N3O.HI/c1-10-4-2-7-15(8-10)11(13)14-9-12(16)5-3-6-12;/h10,16H,2-9H2,1H3,(H2,13,14);1H. The van der Waals surface area contributed by atoms with Gasteiger partial charge in [-0.2, -0.15) is 0 Å². The Morgan fingerprint density at radius 1 is 1.47 bits per heavy atom. The van der Waals surface area contributed by atoms with Crippen molar-refractivity contribution in [1.29, 1.82) is 0 Å². The number of hydrogen-bond donors (Lipinski definition) is 2. The summed E-state index contributed by atoms with van der Waals surface area (Å²) in [6.07, 6.45) is 5.35. The average molecular weight is 353 g/mol. The molecule has 1 saturated carbocycles. The first-order chi connectivity index (χ1) is 7.59. The second kappa shape index (κ2) is 6.22. The minimum atomic E-state index is -0.550. The second-order valence-corrected chi connectivity index (χ2v) is 5.45. The van der Waals surface area contributed by atoms with Crippen LogP contribution in [0.4, 0.5) is 0 Å². The van der Waals surface area contributed by atoms with Gasteiger partial charge < -0.3 is 15.7 Å². The quantitative estimate of drug-likeness (QED) is 0.450. The monoisotopic (exact) mass is 353 g/mol. The van der Waals surface area contributed by atoms with E-state index >= 15 is 0 Å². The van der Waals surface area contributed by atoms with E-state index in [-0.39, 0.29) is 24.0 Å². The fourth-order valence-electron chi connectivity index (χ4n) is 2.47. The van der Waals surface area contributed by atoms with Crippen LogP contribution >= 0.6 is 24.0 Å². The molecule has 1 heterocycles. The number of guanidine groups is 1. The first kappa shape index (κ1) is 15.0. The van der Waals surface area contributed by atoms with Gasteiger partial charge in [0.1, 0.15) is 0 Å². The largest absolute Gasteiger partial charge is 0.388 e. The summed E-state index contributed by atoms with van der Waals surface area (Å²) in [5.74, 6) is 1.32. The number of piperidine rings is 1. The minimum Gasteiger partial charge on any atom is -0.388 e. The Morgan fingerprint density at radius 2 is 2.18 bits per heavy atom. The molecule has 2 rings (SSSR count). The molecule has 2 aliphatic rings. The summed E-state index contributed by atoms with van der Waals surface area (Å²) in [5.41, 5.74) is 5.41. The van der Waals surface area contributed by atoms with Crippen molar-refractivity contribution in [3.8, 4) is 0 Å². The summed E-state index contributed by atoms with van der Waals surface area (Å²) in [6.45, 7) is 4.74. The Hall–Kier alpha value is -0.0400. The lowest BCUT2D eigenvalue weighted by molar-refractivity contribution is -0.0237. The van der Waals surface area contributed by atoms with E-state index in [0.29, 0.717) is 18.4 Å². The molecule has 1 saturated heterocycles. The molecule has 4 nitrogen and oxygen atoms in total. The van der Waals surface area contributed by atoms with Crippen LogP contribution in [-0.2, 0) is 0 Å². The molecule has 0 aromatic rings. The first-order valence-corrected chi connectivity index (χ1v) is 6.36. The van der Waals surface area contributed by atoms with Gasteiger partial charge in [-0.25, -0.2) is 0 Å². The lowest BCUT2D eigenvalue weighted by Crippen LogP contribution is -2.45. The van der Waals surface area contributed by atoms with Crippen molar-refractivity contribution in [3.05, 3.63) is 0 Å². The van der Waals surface area contributed by atoms with Gasteiger partial charge in [0.25, 0.3) is 0 Å². The van der Waals surface area contributed by atoms with E-state index in [1.807, 2.05) is 0 Å². The molecule has 1 aliphatic heterocycles. The average Bonchev–Trinajstić information content (AvgIpc) is 2.23.